The number of amides is 1. The Hall–Kier alpha value is -1.52. The van der Waals surface area contributed by atoms with Gasteiger partial charge in [-0.15, -0.1) is 0 Å². The second-order valence-electron chi connectivity index (χ2n) is 4.98. The molecule has 1 aliphatic rings. The Kier molecular flexibility index (Phi) is 4.79. The number of nitrogens with zero attached hydrogens (tertiary/aromatic N) is 1. The Morgan fingerprint density at radius 2 is 2.04 bits per heavy atom. The van der Waals surface area contributed by atoms with Gasteiger partial charge in [0.15, 0.2) is 0 Å². The van der Waals surface area contributed by atoms with E-state index in [0.717, 1.165) is 11.0 Å². The summed E-state index contributed by atoms with van der Waals surface area (Å²) < 4.78 is 64.8. The summed E-state index contributed by atoms with van der Waals surface area (Å²) in [6.45, 7) is 0.0595. The first-order valence-corrected chi connectivity index (χ1v) is 8.24. The quantitative estimate of drug-likeness (QED) is 0.853. The lowest BCUT2D eigenvalue weighted by atomic mass is 10.2. The lowest BCUT2D eigenvalue weighted by molar-refractivity contribution is -0.137. The largest absolute Gasteiger partial charge is 0.465 e. The van der Waals surface area contributed by atoms with Crippen molar-refractivity contribution in [3.8, 4) is 0 Å². The highest BCUT2D eigenvalue weighted by atomic mass is 35.5. The van der Waals surface area contributed by atoms with Crippen LogP contribution >= 0.6 is 11.6 Å². The minimum Gasteiger partial charge on any atom is -0.465 e. The first-order valence-electron chi connectivity index (χ1n) is 6.37. The third-order valence-electron chi connectivity index (χ3n) is 3.33. The molecule has 0 spiro atoms. The lowest BCUT2D eigenvalue weighted by Crippen LogP contribution is -2.38. The highest BCUT2D eigenvalue weighted by Crippen LogP contribution is 2.33. The molecule has 1 atom stereocenters. The van der Waals surface area contributed by atoms with Crippen molar-refractivity contribution in [3.05, 3.63) is 28.8 Å². The Morgan fingerprint density at radius 1 is 1.39 bits per heavy atom. The molecule has 23 heavy (non-hydrogen) atoms. The van der Waals surface area contributed by atoms with Crippen molar-refractivity contribution in [1.82, 2.24) is 9.62 Å². The van der Waals surface area contributed by atoms with E-state index in [1.165, 1.54) is 0 Å². The third kappa shape index (κ3) is 4.06. The summed E-state index contributed by atoms with van der Waals surface area (Å²) in [5.74, 6) is 0. The van der Waals surface area contributed by atoms with Crippen LogP contribution in [0.25, 0.3) is 0 Å². The SMILES string of the molecule is O=C(O)N1CC[C@@H](NS(=O)(=O)c2cc(C(F)(F)F)ccc2Cl)C1. The van der Waals surface area contributed by atoms with Gasteiger partial charge in [-0.05, 0) is 24.6 Å². The topological polar surface area (TPSA) is 86.7 Å². The average Bonchev–Trinajstić information content (AvgIpc) is 2.85. The molecule has 1 aliphatic heterocycles. The molecule has 1 saturated heterocycles. The summed E-state index contributed by atoms with van der Waals surface area (Å²) in [5.41, 5.74) is -1.14. The van der Waals surface area contributed by atoms with Crippen molar-refractivity contribution >= 4 is 27.7 Å². The van der Waals surface area contributed by atoms with Gasteiger partial charge in [-0.1, -0.05) is 11.6 Å². The van der Waals surface area contributed by atoms with E-state index in [2.05, 4.69) is 4.72 Å². The van der Waals surface area contributed by atoms with E-state index in [-0.39, 0.29) is 24.5 Å². The van der Waals surface area contributed by atoms with Crippen LogP contribution in [0.15, 0.2) is 23.1 Å². The number of nitrogens with one attached hydrogen (secondary N) is 1. The number of hydrogen-bond acceptors (Lipinski definition) is 3. The van der Waals surface area contributed by atoms with Gasteiger partial charge >= 0.3 is 12.3 Å². The van der Waals surface area contributed by atoms with E-state index in [1.54, 1.807) is 0 Å². The summed E-state index contributed by atoms with van der Waals surface area (Å²) in [6, 6.07) is 1.27. The number of hydrogen-bond donors (Lipinski definition) is 2. The van der Waals surface area contributed by atoms with E-state index in [0.29, 0.717) is 12.1 Å². The molecule has 0 aliphatic carbocycles. The first-order chi connectivity index (χ1) is 10.5. The minimum absolute atomic E-state index is 0.0782. The van der Waals surface area contributed by atoms with Gasteiger partial charge in [-0.2, -0.15) is 13.2 Å². The normalized spacial score (nSPS) is 19.1. The van der Waals surface area contributed by atoms with Gasteiger partial charge in [0.1, 0.15) is 4.90 Å². The standard InChI is InChI=1S/C12H12ClF3N2O4S/c13-9-2-1-7(12(14,15)16)5-10(9)23(21,22)17-8-3-4-18(6-8)11(19)20/h1-2,5,8,17H,3-4,6H2,(H,19,20)/t8-/m1/s1. The number of halogens is 4. The summed E-state index contributed by atoms with van der Waals surface area (Å²) in [7, 11) is -4.31. The van der Waals surface area contributed by atoms with E-state index < -0.39 is 38.8 Å². The predicted octanol–water partition coefficient (Wildman–Crippen LogP) is 2.39. The van der Waals surface area contributed by atoms with Crippen LogP contribution in [-0.2, 0) is 16.2 Å². The molecule has 6 nitrogen and oxygen atoms in total. The molecule has 128 valence electrons. The molecule has 0 radical (unpaired) electrons. The van der Waals surface area contributed by atoms with Gasteiger partial charge in [-0.3, -0.25) is 0 Å². The molecule has 1 fully saturated rings. The highest BCUT2D eigenvalue weighted by molar-refractivity contribution is 7.89. The zero-order valence-electron chi connectivity index (χ0n) is 11.5. The van der Waals surface area contributed by atoms with Crippen molar-refractivity contribution < 1.29 is 31.5 Å². The molecule has 0 aromatic heterocycles. The monoisotopic (exact) mass is 372 g/mol. The molecule has 2 N–H and O–H groups in total. The molecule has 0 unspecified atom stereocenters. The molecule has 0 bridgehead atoms. The van der Waals surface area contributed by atoms with Gasteiger partial charge in [0, 0.05) is 19.1 Å². The molecule has 1 aromatic carbocycles. The first kappa shape index (κ1) is 17.8. The van der Waals surface area contributed by atoms with E-state index in [9.17, 15) is 26.4 Å². The van der Waals surface area contributed by atoms with Gasteiger partial charge in [0.2, 0.25) is 10.0 Å². The number of carboxylic acid groups (broad SMARTS) is 1. The van der Waals surface area contributed by atoms with Crippen molar-refractivity contribution in [2.24, 2.45) is 0 Å². The number of sulfonamides is 1. The highest BCUT2D eigenvalue weighted by Gasteiger charge is 2.34. The van der Waals surface area contributed by atoms with Crippen molar-refractivity contribution in [3.63, 3.8) is 0 Å². The number of rotatable bonds is 3. The van der Waals surface area contributed by atoms with Crippen LogP contribution in [0.3, 0.4) is 0 Å². The molecular formula is C12H12ClF3N2O4S. The maximum atomic E-state index is 12.7. The summed E-state index contributed by atoms with van der Waals surface area (Å²) in [5, 5.41) is 8.47. The third-order valence-corrected chi connectivity index (χ3v) is 5.33. The second kappa shape index (κ2) is 6.17. The molecule has 2 rings (SSSR count). The summed E-state index contributed by atoms with van der Waals surface area (Å²) in [6.07, 6.45) is -5.67. The van der Waals surface area contributed by atoms with Crippen LogP contribution in [0, 0.1) is 0 Å². The number of benzene rings is 1. The van der Waals surface area contributed by atoms with Crippen molar-refractivity contribution in [1.29, 1.82) is 0 Å². The average molecular weight is 373 g/mol. The van der Waals surface area contributed by atoms with Crippen LogP contribution < -0.4 is 4.72 Å². The summed E-state index contributed by atoms with van der Waals surface area (Å²) in [4.78, 5) is 11.1. The lowest BCUT2D eigenvalue weighted by Gasteiger charge is -2.16. The predicted molar refractivity (Wildman–Crippen MR) is 74.8 cm³/mol. The number of alkyl halides is 3. The second-order valence-corrected chi connectivity index (χ2v) is 7.07. The van der Waals surface area contributed by atoms with Crippen LogP contribution in [-0.4, -0.2) is 43.6 Å². The Bertz CT molecular complexity index is 724. The zero-order valence-corrected chi connectivity index (χ0v) is 13.0. The van der Waals surface area contributed by atoms with Crippen LogP contribution in [0.2, 0.25) is 5.02 Å². The smallest absolute Gasteiger partial charge is 0.416 e. The van der Waals surface area contributed by atoms with Crippen LogP contribution in [0.4, 0.5) is 18.0 Å². The fourth-order valence-electron chi connectivity index (χ4n) is 2.20. The molecular weight excluding hydrogens is 361 g/mol. The van der Waals surface area contributed by atoms with E-state index >= 15 is 0 Å². The van der Waals surface area contributed by atoms with E-state index in [1.807, 2.05) is 0 Å². The molecule has 1 amide bonds. The van der Waals surface area contributed by atoms with Crippen LogP contribution in [0.1, 0.15) is 12.0 Å². The van der Waals surface area contributed by atoms with Gasteiger partial charge < -0.3 is 10.0 Å². The minimum atomic E-state index is -4.71. The van der Waals surface area contributed by atoms with Gasteiger partial charge in [-0.25, -0.2) is 17.9 Å². The van der Waals surface area contributed by atoms with Crippen LogP contribution in [0.5, 0.6) is 0 Å². The Labute approximate surface area is 134 Å². The fraction of sp³-hybridized carbons (Fsp3) is 0.417. The van der Waals surface area contributed by atoms with Gasteiger partial charge in [0.05, 0.1) is 10.6 Å². The zero-order chi connectivity index (χ0) is 17.4. The number of carbonyl (C=O) groups is 1. The molecule has 1 heterocycles. The maximum absolute atomic E-state index is 12.7. The van der Waals surface area contributed by atoms with E-state index in [4.69, 9.17) is 16.7 Å². The molecule has 0 saturated carbocycles. The molecule has 11 heteroatoms. The van der Waals surface area contributed by atoms with Gasteiger partial charge in [0.25, 0.3) is 0 Å². The van der Waals surface area contributed by atoms with Crippen molar-refractivity contribution in [2.75, 3.05) is 13.1 Å². The Morgan fingerprint density at radius 3 is 2.57 bits per heavy atom. The summed E-state index contributed by atoms with van der Waals surface area (Å²) >= 11 is 5.70. The maximum Gasteiger partial charge on any atom is 0.416 e. The fourth-order valence-corrected chi connectivity index (χ4v) is 3.99. The molecule has 1 aromatic rings. The number of likely N-dealkylation sites (tertiary alicyclic amines) is 1. The van der Waals surface area contributed by atoms with Crippen molar-refractivity contribution in [2.45, 2.75) is 23.5 Å². The Balaban J connectivity index is 2.25.